The molecule has 0 bridgehead atoms. The van der Waals surface area contributed by atoms with Crippen molar-refractivity contribution in [3.05, 3.63) is 137 Å². The van der Waals surface area contributed by atoms with Crippen LogP contribution in [-0.4, -0.2) is 74.6 Å². The lowest BCUT2D eigenvalue weighted by Crippen LogP contribution is -2.08. The minimum absolute atomic E-state index is 0. The molecule has 0 aliphatic heterocycles. The lowest BCUT2D eigenvalue weighted by Gasteiger charge is -2.13. The van der Waals surface area contributed by atoms with Crippen LogP contribution in [0.5, 0.6) is 11.5 Å². The van der Waals surface area contributed by atoms with Gasteiger partial charge in [0.1, 0.15) is 31.0 Å². The highest BCUT2D eigenvalue weighted by atomic mass is 32.2. The van der Waals surface area contributed by atoms with Crippen molar-refractivity contribution >= 4 is 108 Å². The van der Waals surface area contributed by atoms with E-state index in [0.29, 0.717) is 29.2 Å². The van der Waals surface area contributed by atoms with Gasteiger partial charge >= 0.3 is 6.18 Å². The minimum atomic E-state index is -5.00. The van der Waals surface area contributed by atoms with E-state index >= 15 is 0 Å². The third-order valence-electron chi connectivity index (χ3n) is 12.1. The fraction of sp³-hybridized carbons (Fsp3) is 0.135. The number of carbonyl (C=O) groups is 1. The molecule has 0 unspecified atom stereocenters. The fourth-order valence-electron chi connectivity index (χ4n) is 7.81. The predicted octanol–water partition coefficient (Wildman–Crippen LogP) is 11.9. The number of hydrogen-bond donors (Lipinski definition) is 9. The molecule has 8 aromatic rings. The molecule has 0 aliphatic rings. The second kappa shape index (κ2) is 23.7. The van der Waals surface area contributed by atoms with Gasteiger partial charge in [-0.2, -0.15) is 57.1 Å². The van der Waals surface area contributed by atoms with E-state index in [1.54, 1.807) is 12.1 Å². The summed E-state index contributed by atoms with van der Waals surface area (Å²) in [5.41, 5.74) is 26.5. The zero-order chi connectivity index (χ0) is 59.8. The SMILES string of the molecule is C.Cc1cc(-c2ccc(N=Nc3ccc4c(S(=O)(=O)O)cc(S(=O)(=O)O)c(N)c4c3O)c(C)c2)ccc1N.Cc1ccc(-c2ccc(N=Nc3ccc4c(S(=O)(=O)O)cc(S(=O)(=O)O)c(N)c4c3O)c(C)c2)cc1C.O=CC(F)(F)F. The van der Waals surface area contributed by atoms with Gasteiger partial charge in [0, 0.05) is 16.5 Å². The molecule has 0 amide bonds. The molecule has 0 aromatic heterocycles. The number of rotatable bonds is 10. The molecule has 0 aliphatic carbocycles. The minimum Gasteiger partial charge on any atom is -0.505 e. The van der Waals surface area contributed by atoms with Crippen LogP contribution in [0.3, 0.4) is 0 Å². The highest BCUT2D eigenvalue weighted by molar-refractivity contribution is 7.87. The van der Waals surface area contributed by atoms with Crippen LogP contribution in [0, 0.1) is 34.6 Å². The van der Waals surface area contributed by atoms with Gasteiger partial charge in [-0.25, -0.2) is 0 Å². The standard InChI is InChI=1S/C25H23N3O7S2.C24H22N4O7S2.C2HF3O.CH4/c1-13-4-5-16(10-14(13)2)17-6-8-19(15(3)11-17)27-28-20-9-7-18-21(36(30,31)32)12-22(37(33,34)35)24(26)23(18)25(20)29;1-12-9-14(3-6-17(12)25)15-4-7-18(13(2)10-15)27-28-19-8-5-16-20(36(30,31)32)11-21(37(33,34)35)23(26)22(16)24(19)29;3-2(4,5)1-6;/h4-12,29H,26H2,1-3H3,(H,30,31,32)(H,33,34,35);3-11,29H,25-26H2,1-2H3,(H,30,31,32)(H,33,34,35);1H;1H4. The van der Waals surface area contributed by atoms with Gasteiger partial charge < -0.3 is 27.4 Å². The Balaban J connectivity index is 0.000000267. The number of nitrogens with two attached hydrogens (primary N) is 3. The van der Waals surface area contributed by atoms with Crippen molar-refractivity contribution in [2.75, 3.05) is 17.2 Å². The Morgan fingerprint density at radius 1 is 0.420 bits per heavy atom. The summed E-state index contributed by atoms with van der Waals surface area (Å²) in [6, 6.07) is 28.7. The van der Waals surface area contributed by atoms with Crippen molar-refractivity contribution in [2.45, 2.75) is 67.8 Å². The first-order valence-corrected chi connectivity index (χ1v) is 28.3. The summed E-state index contributed by atoms with van der Waals surface area (Å²) in [6.07, 6.45) is -5.70. The van der Waals surface area contributed by atoms with Crippen LogP contribution in [0.1, 0.15) is 35.2 Å². The van der Waals surface area contributed by atoms with Crippen molar-refractivity contribution in [3.63, 3.8) is 0 Å². The lowest BCUT2D eigenvalue weighted by molar-refractivity contribution is -0.156. The number of nitrogen functional groups attached to an aromatic ring is 3. The Bertz CT molecular complexity index is 4120. The van der Waals surface area contributed by atoms with E-state index in [1.165, 1.54) is 35.4 Å². The molecule has 0 atom stereocenters. The average Bonchev–Trinajstić information content (AvgIpc) is 3.37. The van der Waals surface area contributed by atoms with Crippen molar-refractivity contribution in [3.8, 4) is 33.8 Å². The summed E-state index contributed by atoms with van der Waals surface area (Å²) in [5.74, 6) is -1.38. The number of phenols is 2. The maximum atomic E-state index is 11.9. The number of phenolic OH excluding ortho intramolecular Hbond substituents is 2. The molecule has 0 saturated carbocycles. The van der Waals surface area contributed by atoms with Gasteiger partial charge in [0.2, 0.25) is 6.29 Å². The Labute approximate surface area is 462 Å². The Kier molecular flexibility index (Phi) is 18.6. The summed E-state index contributed by atoms with van der Waals surface area (Å²) in [6.45, 7) is 9.64. The first-order chi connectivity index (χ1) is 36.9. The van der Waals surface area contributed by atoms with Gasteiger partial charge in [0.25, 0.3) is 40.5 Å². The molecular weight excluding hydrogens is 1150 g/mol. The van der Waals surface area contributed by atoms with E-state index in [0.717, 1.165) is 38.9 Å². The van der Waals surface area contributed by atoms with E-state index in [2.05, 4.69) is 26.5 Å². The molecule has 0 saturated heterocycles. The maximum absolute atomic E-state index is 11.9. The van der Waals surface area contributed by atoms with E-state index in [1.807, 2.05) is 89.2 Å². The number of fused-ring (bicyclic) bond motifs is 2. The molecule has 81 heavy (non-hydrogen) atoms. The summed E-state index contributed by atoms with van der Waals surface area (Å²) in [7, 11) is -19.9. The first kappa shape index (κ1) is 63.4. The van der Waals surface area contributed by atoms with E-state index in [9.17, 15) is 75.3 Å². The maximum Gasteiger partial charge on any atom is 0.446 e. The van der Waals surface area contributed by atoms with E-state index in [4.69, 9.17) is 22.0 Å². The second-order valence-electron chi connectivity index (χ2n) is 17.6. The van der Waals surface area contributed by atoms with Gasteiger partial charge in [-0.15, -0.1) is 10.2 Å². The summed E-state index contributed by atoms with van der Waals surface area (Å²) in [5, 5.41) is 36.6. The van der Waals surface area contributed by atoms with Gasteiger partial charge in [-0.05, 0) is 145 Å². The molecule has 8 rings (SSSR count). The monoisotopic (exact) mass is 1200 g/mol. The average molecular weight is 1200 g/mol. The molecule has 428 valence electrons. The molecule has 0 radical (unpaired) electrons. The van der Waals surface area contributed by atoms with Crippen LogP contribution in [-0.2, 0) is 45.3 Å². The number of carbonyl (C=O) groups excluding carboxylic acids is 1. The Morgan fingerprint density at radius 2 is 0.716 bits per heavy atom. The largest absolute Gasteiger partial charge is 0.505 e. The lowest BCUT2D eigenvalue weighted by atomic mass is 9.99. The van der Waals surface area contributed by atoms with E-state index < -0.39 is 106 Å². The number of aromatic hydroxyl groups is 2. The van der Waals surface area contributed by atoms with Crippen molar-refractivity contribution in [1.82, 2.24) is 0 Å². The molecule has 0 fully saturated rings. The van der Waals surface area contributed by atoms with Crippen molar-refractivity contribution in [1.29, 1.82) is 0 Å². The van der Waals surface area contributed by atoms with Crippen LogP contribution in [0.2, 0.25) is 0 Å². The van der Waals surface area contributed by atoms with Gasteiger partial charge in [0.15, 0.2) is 11.5 Å². The first-order valence-electron chi connectivity index (χ1n) is 22.5. The van der Waals surface area contributed by atoms with Gasteiger partial charge in [-0.1, -0.05) is 56.0 Å². The molecule has 0 heterocycles. The van der Waals surface area contributed by atoms with Gasteiger partial charge in [0.05, 0.1) is 33.5 Å². The van der Waals surface area contributed by atoms with Gasteiger partial charge in [-0.3, -0.25) is 23.0 Å². The van der Waals surface area contributed by atoms with Crippen LogP contribution in [0.25, 0.3) is 43.8 Å². The normalized spacial score (nSPS) is 12.2. The van der Waals surface area contributed by atoms with Crippen LogP contribution in [0.15, 0.2) is 149 Å². The quantitative estimate of drug-likeness (QED) is 0.0266. The molecule has 29 heteroatoms. The summed E-state index contributed by atoms with van der Waals surface area (Å²) < 4.78 is 164. The van der Waals surface area contributed by atoms with E-state index in [-0.39, 0.29) is 29.6 Å². The molecule has 0 spiro atoms. The number of anilines is 3. The predicted molar refractivity (Wildman–Crippen MR) is 298 cm³/mol. The van der Waals surface area contributed by atoms with Crippen molar-refractivity contribution in [2.24, 2.45) is 20.5 Å². The molecular formula is C52H50F3N7O15S4. The third kappa shape index (κ3) is 14.5. The number of hydrogen-bond acceptors (Lipinski definition) is 18. The number of azo groups is 2. The number of aryl methyl sites for hydroxylation is 5. The fourth-order valence-corrected chi connectivity index (χ4v) is 10.7. The number of halogens is 3. The smallest absolute Gasteiger partial charge is 0.446 e. The van der Waals surface area contributed by atoms with Crippen LogP contribution < -0.4 is 17.2 Å². The van der Waals surface area contributed by atoms with Crippen LogP contribution >= 0.6 is 0 Å². The highest BCUT2D eigenvalue weighted by Gasteiger charge is 2.29. The zero-order valence-corrected chi connectivity index (χ0v) is 45.4. The van der Waals surface area contributed by atoms with Crippen LogP contribution in [0.4, 0.5) is 53.0 Å². The highest BCUT2D eigenvalue weighted by Crippen LogP contribution is 2.46. The molecule has 8 aromatic carbocycles. The Morgan fingerprint density at radius 3 is 1.02 bits per heavy atom. The second-order valence-corrected chi connectivity index (χ2v) is 23.2. The number of aldehydes is 1. The molecule has 12 N–H and O–H groups in total. The van der Waals surface area contributed by atoms with Crippen molar-refractivity contribution < 1.29 is 80.1 Å². The number of alkyl halides is 3. The summed E-state index contributed by atoms with van der Waals surface area (Å²) in [4.78, 5) is 4.98. The topological polar surface area (TPSA) is 403 Å². The molecule has 22 nitrogen and oxygen atoms in total. The number of benzene rings is 8. The Hall–Kier alpha value is -8.42. The zero-order valence-electron chi connectivity index (χ0n) is 42.1. The number of nitrogens with zero attached hydrogens (tertiary/aromatic N) is 4. The third-order valence-corrected chi connectivity index (χ3v) is 15.6. The summed E-state index contributed by atoms with van der Waals surface area (Å²) >= 11 is 0.